The molecule has 0 aliphatic heterocycles. The number of benzene rings is 1. The van der Waals surface area contributed by atoms with E-state index in [0.29, 0.717) is 19.0 Å². The molecule has 1 amide bonds. The molecule has 24 heavy (non-hydrogen) atoms. The van der Waals surface area contributed by atoms with Gasteiger partial charge in [-0.05, 0) is 38.1 Å². The van der Waals surface area contributed by atoms with E-state index in [1.807, 2.05) is 50.2 Å². The van der Waals surface area contributed by atoms with Gasteiger partial charge in [0.2, 0.25) is 11.8 Å². The van der Waals surface area contributed by atoms with Crippen LogP contribution in [0.4, 0.5) is 0 Å². The third kappa shape index (κ3) is 6.20. The smallest absolute Gasteiger partial charge is 0.223 e. The summed E-state index contributed by atoms with van der Waals surface area (Å²) in [6, 6.07) is 11.2. The summed E-state index contributed by atoms with van der Waals surface area (Å²) >= 11 is 3.38. The van der Waals surface area contributed by atoms with E-state index in [1.165, 1.54) is 0 Å². The Bertz CT molecular complexity index is 677. The van der Waals surface area contributed by atoms with Crippen LogP contribution in [-0.2, 0) is 11.3 Å². The first-order chi connectivity index (χ1) is 11.5. The largest absolute Gasteiger partial charge is 0.493 e. The number of ether oxygens (including phenoxy) is 2. The molecule has 0 saturated carbocycles. The summed E-state index contributed by atoms with van der Waals surface area (Å²) in [6.45, 7) is 4.59. The van der Waals surface area contributed by atoms with E-state index in [1.54, 1.807) is 6.20 Å². The molecule has 128 valence electrons. The van der Waals surface area contributed by atoms with Crippen molar-refractivity contribution in [2.75, 3.05) is 6.61 Å². The predicted molar refractivity (Wildman–Crippen MR) is 96.1 cm³/mol. The van der Waals surface area contributed by atoms with Crippen LogP contribution in [0.2, 0.25) is 0 Å². The van der Waals surface area contributed by atoms with Gasteiger partial charge in [0, 0.05) is 22.8 Å². The van der Waals surface area contributed by atoms with E-state index in [0.717, 1.165) is 15.8 Å². The minimum atomic E-state index is -0.0793. The second-order valence-electron chi connectivity index (χ2n) is 5.47. The van der Waals surface area contributed by atoms with E-state index >= 15 is 0 Å². The molecule has 0 unspecified atom stereocenters. The number of nitrogens with zero attached hydrogens (tertiary/aromatic N) is 1. The first-order valence-corrected chi connectivity index (χ1v) is 8.59. The Balaban J connectivity index is 1.77. The fourth-order valence-electron chi connectivity index (χ4n) is 1.99. The lowest BCUT2D eigenvalue weighted by Crippen LogP contribution is -2.25. The molecule has 0 saturated heterocycles. The highest BCUT2D eigenvalue weighted by molar-refractivity contribution is 9.10. The molecule has 0 aliphatic rings. The molecule has 2 aromatic rings. The van der Waals surface area contributed by atoms with Crippen LogP contribution in [0.15, 0.2) is 47.1 Å². The maximum Gasteiger partial charge on any atom is 0.223 e. The molecule has 0 radical (unpaired) electrons. The van der Waals surface area contributed by atoms with Crippen LogP contribution >= 0.6 is 15.9 Å². The Morgan fingerprint density at radius 2 is 2.12 bits per heavy atom. The lowest BCUT2D eigenvalue weighted by Gasteiger charge is -2.13. The van der Waals surface area contributed by atoms with Crippen molar-refractivity contribution in [1.29, 1.82) is 0 Å². The molecule has 1 aromatic carbocycles. The van der Waals surface area contributed by atoms with Crippen molar-refractivity contribution in [2.45, 2.75) is 32.9 Å². The number of carbonyl (C=O) groups excluding carboxylic acids is 1. The summed E-state index contributed by atoms with van der Waals surface area (Å²) in [4.78, 5) is 16.1. The predicted octanol–water partition coefficient (Wildman–Crippen LogP) is 3.72. The van der Waals surface area contributed by atoms with E-state index in [-0.39, 0.29) is 18.4 Å². The molecular weight excluding hydrogens is 372 g/mol. The molecule has 0 aliphatic carbocycles. The normalized spacial score (nSPS) is 10.5. The second-order valence-corrected chi connectivity index (χ2v) is 6.38. The highest BCUT2D eigenvalue weighted by atomic mass is 79.9. The van der Waals surface area contributed by atoms with Crippen molar-refractivity contribution in [2.24, 2.45) is 0 Å². The number of halogens is 1. The number of rotatable bonds is 8. The lowest BCUT2D eigenvalue weighted by molar-refractivity contribution is -0.121. The first-order valence-electron chi connectivity index (χ1n) is 7.80. The molecule has 2 rings (SSSR count). The van der Waals surface area contributed by atoms with Crippen molar-refractivity contribution in [3.63, 3.8) is 0 Å². The zero-order valence-corrected chi connectivity index (χ0v) is 15.4. The van der Waals surface area contributed by atoms with Gasteiger partial charge in [0.05, 0.1) is 19.1 Å². The molecule has 1 N–H and O–H groups in total. The quantitative estimate of drug-likeness (QED) is 0.743. The lowest BCUT2D eigenvalue weighted by atomic mass is 10.2. The van der Waals surface area contributed by atoms with Gasteiger partial charge in [-0.1, -0.05) is 28.1 Å². The number of amides is 1. The molecule has 5 nitrogen and oxygen atoms in total. The average molecular weight is 393 g/mol. The van der Waals surface area contributed by atoms with Gasteiger partial charge in [-0.3, -0.25) is 4.79 Å². The monoisotopic (exact) mass is 392 g/mol. The van der Waals surface area contributed by atoms with Gasteiger partial charge >= 0.3 is 0 Å². The number of carbonyl (C=O) groups is 1. The van der Waals surface area contributed by atoms with Crippen molar-refractivity contribution >= 4 is 21.8 Å². The number of hydrogen-bond acceptors (Lipinski definition) is 4. The highest BCUT2D eigenvalue weighted by Crippen LogP contribution is 2.18. The maximum atomic E-state index is 11.9. The zero-order chi connectivity index (χ0) is 17.4. The SMILES string of the molecule is CC(C)Oc1ncccc1CNC(=O)CCOc1cccc(Br)c1. The number of hydrogen-bond donors (Lipinski definition) is 1. The van der Waals surface area contributed by atoms with Crippen LogP contribution in [0.3, 0.4) is 0 Å². The van der Waals surface area contributed by atoms with Gasteiger partial charge in [-0.2, -0.15) is 0 Å². The van der Waals surface area contributed by atoms with Gasteiger partial charge in [0.15, 0.2) is 0 Å². The van der Waals surface area contributed by atoms with Crippen molar-refractivity contribution in [1.82, 2.24) is 10.3 Å². The van der Waals surface area contributed by atoms with Crippen LogP contribution in [0.5, 0.6) is 11.6 Å². The second kappa shape index (κ2) is 9.27. The number of nitrogens with one attached hydrogen (secondary N) is 1. The van der Waals surface area contributed by atoms with Gasteiger partial charge < -0.3 is 14.8 Å². The molecular formula is C18H21BrN2O3. The van der Waals surface area contributed by atoms with Crippen LogP contribution in [0.25, 0.3) is 0 Å². The Morgan fingerprint density at radius 3 is 2.88 bits per heavy atom. The van der Waals surface area contributed by atoms with E-state index in [9.17, 15) is 4.79 Å². The van der Waals surface area contributed by atoms with Crippen LogP contribution < -0.4 is 14.8 Å². The molecule has 6 heteroatoms. The number of aromatic nitrogens is 1. The molecule has 0 spiro atoms. The molecule has 0 atom stereocenters. The summed E-state index contributed by atoms with van der Waals surface area (Å²) in [5, 5.41) is 2.86. The standard InChI is InChI=1S/C18H21BrN2O3/c1-13(2)24-18-14(5-4-9-20-18)12-21-17(22)8-10-23-16-7-3-6-15(19)11-16/h3-7,9,11,13H,8,10,12H2,1-2H3,(H,21,22). The van der Waals surface area contributed by atoms with E-state index < -0.39 is 0 Å². The Labute approximate surface area is 150 Å². The zero-order valence-electron chi connectivity index (χ0n) is 13.8. The summed E-state index contributed by atoms with van der Waals surface area (Å²) in [5.74, 6) is 1.21. The topological polar surface area (TPSA) is 60.5 Å². The minimum Gasteiger partial charge on any atom is -0.493 e. The third-order valence-electron chi connectivity index (χ3n) is 3.07. The van der Waals surface area contributed by atoms with Crippen molar-refractivity contribution < 1.29 is 14.3 Å². The van der Waals surface area contributed by atoms with E-state index in [2.05, 4.69) is 26.2 Å². The fourth-order valence-corrected chi connectivity index (χ4v) is 2.37. The Hall–Kier alpha value is -2.08. The van der Waals surface area contributed by atoms with Gasteiger partial charge in [-0.15, -0.1) is 0 Å². The maximum absolute atomic E-state index is 11.9. The molecule has 0 fully saturated rings. The van der Waals surface area contributed by atoms with Gasteiger partial charge in [0.1, 0.15) is 5.75 Å². The third-order valence-corrected chi connectivity index (χ3v) is 3.56. The van der Waals surface area contributed by atoms with Crippen LogP contribution in [0.1, 0.15) is 25.8 Å². The minimum absolute atomic E-state index is 0.0351. The van der Waals surface area contributed by atoms with Gasteiger partial charge in [0.25, 0.3) is 0 Å². The molecule has 1 aromatic heterocycles. The summed E-state index contributed by atoms with van der Waals surface area (Å²) < 4.78 is 12.1. The van der Waals surface area contributed by atoms with Gasteiger partial charge in [-0.25, -0.2) is 4.98 Å². The first kappa shape index (κ1) is 18.3. The summed E-state index contributed by atoms with van der Waals surface area (Å²) in [5.41, 5.74) is 0.854. The fraction of sp³-hybridized carbons (Fsp3) is 0.333. The van der Waals surface area contributed by atoms with Crippen LogP contribution in [0, 0.1) is 0 Å². The molecule has 1 heterocycles. The summed E-state index contributed by atoms with van der Waals surface area (Å²) in [7, 11) is 0. The Kier molecular flexibility index (Phi) is 7.06. The van der Waals surface area contributed by atoms with Crippen molar-refractivity contribution in [3.8, 4) is 11.6 Å². The number of pyridine rings is 1. The summed E-state index contributed by atoms with van der Waals surface area (Å²) in [6.07, 6.45) is 2.00. The average Bonchev–Trinajstić information content (AvgIpc) is 2.53. The highest BCUT2D eigenvalue weighted by Gasteiger charge is 2.08. The van der Waals surface area contributed by atoms with E-state index in [4.69, 9.17) is 9.47 Å². The van der Waals surface area contributed by atoms with Crippen molar-refractivity contribution in [3.05, 3.63) is 52.6 Å². The Morgan fingerprint density at radius 1 is 1.29 bits per heavy atom. The van der Waals surface area contributed by atoms with Crippen LogP contribution in [-0.4, -0.2) is 23.6 Å². The molecule has 0 bridgehead atoms.